The highest BCUT2D eigenvalue weighted by atomic mass is 79.9. The average Bonchev–Trinajstić information content (AvgIpc) is 2.27. The molecule has 0 bridgehead atoms. The number of allylic oxidation sites excluding steroid dienone is 4. The van der Waals surface area contributed by atoms with Crippen molar-refractivity contribution in [2.45, 2.75) is 9.65 Å². The third-order valence-electron chi connectivity index (χ3n) is 2.24. The minimum absolute atomic E-state index is 0.494. The molecule has 2 unspecified atom stereocenters. The maximum absolute atomic E-state index is 3.64. The van der Waals surface area contributed by atoms with Crippen LogP contribution in [-0.4, -0.2) is 20.3 Å². The molecule has 0 saturated carbocycles. The van der Waals surface area contributed by atoms with Gasteiger partial charge in [-0.05, 0) is 0 Å². The van der Waals surface area contributed by atoms with Crippen molar-refractivity contribution in [1.29, 1.82) is 0 Å². The van der Waals surface area contributed by atoms with Gasteiger partial charge >= 0.3 is 0 Å². The van der Waals surface area contributed by atoms with Gasteiger partial charge in [-0.15, -0.1) is 0 Å². The van der Waals surface area contributed by atoms with Crippen molar-refractivity contribution in [3.63, 3.8) is 0 Å². The molecule has 0 fully saturated rings. The van der Waals surface area contributed by atoms with Crippen LogP contribution >= 0.6 is 63.7 Å². The highest BCUT2D eigenvalue weighted by Crippen LogP contribution is 2.27. The van der Waals surface area contributed by atoms with Gasteiger partial charge in [-0.25, -0.2) is 0 Å². The zero-order valence-corrected chi connectivity index (χ0v) is 13.9. The largest absolute Gasteiger partial charge is 0.0916 e. The molecule has 0 nitrogen and oxygen atoms in total. The second-order valence-electron chi connectivity index (χ2n) is 3.27. The number of alkyl halides is 4. The number of halogens is 4. The normalized spacial score (nSPS) is 30.3. The zero-order chi connectivity index (χ0) is 10.6. The maximum atomic E-state index is 3.64. The van der Waals surface area contributed by atoms with E-state index >= 15 is 0 Å². The Morgan fingerprint density at radius 3 is 1.29 bits per heavy atom. The van der Waals surface area contributed by atoms with Crippen LogP contribution in [0.3, 0.4) is 0 Å². The molecule has 1 rings (SSSR count). The second-order valence-corrected chi connectivity index (χ2v) is 6.91. The van der Waals surface area contributed by atoms with Gasteiger partial charge in [-0.2, -0.15) is 0 Å². The summed E-state index contributed by atoms with van der Waals surface area (Å²) in [4.78, 5) is 0.988. The summed E-state index contributed by atoms with van der Waals surface area (Å²) in [6.45, 7) is 0. The summed E-state index contributed by atoms with van der Waals surface area (Å²) in [5, 5.41) is 1.96. The molecular formula is C10H12Br4. The molecule has 0 aromatic rings. The van der Waals surface area contributed by atoms with Gasteiger partial charge in [0.2, 0.25) is 0 Å². The highest BCUT2D eigenvalue weighted by molar-refractivity contribution is 9.12. The maximum Gasteiger partial charge on any atom is 0.0340 e. The van der Waals surface area contributed by atoms with E-state index in [1.54, 1.807) is 0 Å². The molecule has 80 valence electrons. The van der Waals surface area contributed by atoms with E-state index in [2.05, 4.69) is 88.0 Å². The molecule has 0 radical (unpaired) electrons. The average molecular weight is 452 g/mol. The van der Waals surface area contributed by atoms with Gasteiger partial charge in [0.1, 0.15) is 0 Å². The lowest BCUT2D eigenvalue weighted by atomic mass is 9.93. The molecule has 1 aliphatic rings. The Labute approximate surface area is 119 Å². The fraction of sp³-hybridized carbons (Fsp3) is 0.600. The first kappa shape index (κ1) is 13.5. The van der Waals surface area contributed by atoms with Crippen molar-refractivity contribution in [2.75, 3.05) is 10.7 Å². The number of hydrogen-bond donors (Lipinski definition) is 0. The Balaban J connectivity index is 2.52. The third-order valence-corrected chi connectivity index (χ3v) is 7.24. The lowest BCUT2D eigenvalue weighted by molar-refractivity contribution is 0.731. The van der Waals surface area contributed by atoms with E-state index in [0.29, 0.717) is 21.5 Å². The topological polar surface area (TPSA) is 0 Å². The van der Waals surface area contributed by atoms with Gasteiger partial charge in [0, 0.05) is 32.2 Å². The van der Waals surface area contributed by atoms with Gasteiger partial charge < -0.3 is 0 Å². The van der Waals surface area contributed by atoms with Gasteiger partial charge in [0.05, 0.1) is 0 Å². The first-order chi connectivity index (χ1) is 6.69. The molecule has 0 heterocycles. The van der Waals surface area contributed by atoms with E-state index in [9.17, 15) is 0 Å². The molecule has 1 aliphatic carbocycles. The van der Waals surface area contributed by atoms with Crippen molar-refractivity contribution >= 4 is 63.7 Å². The minimum Gasteiger partial charge on any atom is -0.0916 e. The van der Waals surface area contributed by atoms with Crippen LogP contribution in [0.15, 0.2) is 24.3 Å². The van der Waals surface area contributed by atoms with E-state index in [4.69, 9.17) is 0 Å². The Morgan fingerprint density at radius 1 is 0.786 bits per heavy atom. The van der Waals surface area contributed by atoms with Crippen LogP contribution in [0.2, 0.25) is 0 Å². The Bertz CT molecular complexity index is 188. The van der Waals surface area contributed by atoms with E-state index in [1.807, 2.05) is 0 Å². The highest BCUT2D eigenvalue weighted by Gasteiger charge is 2.19. The van der Waals surface area contributed by atoms with Gasteiger partial charge in [0.25, 0.3) is 0 Å². The van der Waals surface area contributed by atoms with Crippen LogP contribution < -0.4 is 0 Å². The van der Waals surface area contributed by atoms with E-state index < -0.39 is 0 Å². The molecular weight excluding hydrogens is 440 g/mol. The fourth-order valence-electron chi connectivity index (χ4n) is 1.33. The fourth-order valence-corrected chi connectivity index (χ4v) is 2.90. The van der Waals surface area contributed by atoms with Crippen LogP contribution in [0, 0.1) is 11.8 Å². The number of hydrogen-bond acceptors (Lipinski definition) is 0. The quantitative estimate of drug-likeness (QED) is 0.431. The minimum atomic E-state index is 0.494. The summed E-state index contributed by atoms with van der Waals surface area (Å²) in [5.41, 5.74) is 0. The molecule has 2 atom stereocenters. The van der Waals surface area contributed by atoms with Crippen molar-refractivity contribution in [1.82, 2.24) is 0 Å². The first-order valence-corrected chi connectivity index (χ1v) is 8.53. The Morgan fingerprint density at radius 2 is 1.07 bits per heavy atom. The standard InChI is InChI=1S/C10H12Br4/c11-5-9(13)7-1-2-8(4-3-7)10(14)6-12/h1-4,7-10H,5-6H2. The summed E-state index contributed by atoms with van der Waals surface area (Å²) in [6.07, 6.45) is 9.12. The van der Waals surface area contributed by atoms with Crippen molar-refractivity contribution in [3.8, 4) is 0 Å². The zero-order valence-electron chi connectivity index (χ0n) is 7.54. The van der Waals surface area contributed by atoms with E-state index in [-0.39, 0.29) is 0 Å². The molecule has 0 amide bonds. The van der Waals surface area contributed by atoms with Crippen molar-refractivity contribution < 1.29 is 0 Å². The van der Waals surface area contributed by atoms with Gasteiger partial charge in [-0.3, -0.25) is 0 Å². The van der Waals surface area contributed by atoms with Crippen LogP contribution in [-0.2, 0) is 0 Å². The summed E-state index contributed by atoms with van der Waals surface area (Å²) < 4.78 is 0. The molecule has 4 heteroatoms. The summed E-state index contributed by atoms with van der Waals surface area (Å²) in [5.74, 6) is 1.03. The summed E-state index contributed by atoms with van der Waals surface area (Å²) in [7, 11) is 0. The van der Waals surface area contributed by atoms with Crippen LogP contribution in [0.25, 0.3) is 0 Å². The van der Waals surface area contributed by atoms with Gasteiger partial charge in [-0.1, -0.05) is 88.0 Å². The molecule has 0 aliphatic heterocycles. The van der Waals surface area contributed by atoms with Crippen LogP contribution in [0.5, 0.6) is 0 Å². The Hall–Kier alpha value is 1.40. The predicted octanol–water partition coefficient (Wildman–Crippen LogP) is 4.66. The Kier molecular flexibility index (Phi) is 6.61. The first-order valence-electron chi connectivity index (χ1n) is 4.45. The lowest BCUT2D eigenvalue weighted by Crippen LogP contribution is -2.18. The summed E-state index contributed by atoms with van der Waals surface area (Å²) >= 11 is 14.2. The van der Waals surface area contributed by atoms with E-state index in [1.165, 1.54) is 0 Å². The van der Waals surface area contributed by atoms with Crippen LogP contribution in [0.4, 0.5) is 0 Å². The third kappa shape index (κ3) is 3.76. The monoisotopic (exact) mass is 448 g/mol. The second kappa shape index (κ2) is 6.87. The molecule has 0 N–H and O–H groups in total. The van der Waals surface area contributed by atoms with Gasteiger partial charge in [0.15, 0.2) is 0 Å². The van der Waals surface area contributed by atoms with E-state index in [0.717, 1.165) is 10.7 Å². The van der Waals surface area contributed by atoms with Crippen LogP contribution in [0.1, 0.15) is 0 Å². The predicted molar refractivity (Wildman–Crippen MR) is 78.3 cm³/mol. The molecule has 14 heavy (non-hydrogen) atoms. The van der Waals surface area contributed by atoms with Crippen molar-refractivity contribution in [2.24, 2.45) is 11.8 Å². The number of rotatable bonds is 4. The molecule has 0 saturated heterocycles. The lowest BCUT2D eigenvalue weighted by Gasteiger charge is -2.21. The summed E-state index contributed by atoms with van der Waals surface area (Å²) in [6, 6.07) is 0. The molecule has 0 aromatic heterocycles. The smallest absolute Gasteiger partial charge is 0.0340 e. The van der Waals surface area contributed by atoms with Crippen molar-refractivity contribution in [3.05, 3.63) is 24.3 Å². The molecule has 0 aromatic carbocycles. The molecule has 0 spiro atoms. The SMILES string of the molecule is BrCC(Br)C1C=CC(C(Br)CBr)C=C1.